The minimum atomic E-state index is -0.298. The van der Waals surface area contributed by atoms with Gasteiger partial charge in [-0.1, -0.05) is 49.0 Å². The van der Waals surface area contributed by atoms with Gasteiger partial charge in [-0.2, -0.15) is 0 Å². The van der Waals surface area contributed by atoms with Gasteiger partial charge in [-0.25, -0.2) is 9.37 Å². The molecule has 10 heteroatoms. The molecule has 182 valence electrons. The Bertz CT molecular complexity index is 1260. The number of rotatable bonds is 10. The van der Waals surface area contributed by atoms with Crippen LogP contribution in [0.1, 0.15) is 30.8 Å². The Morgan fingerprint density at radius 3 is 2.57 bits per heavy atom. The Morgan fingerprint density at radius 1 is 1.14 bits per heavy atom. The van der Waals surface area contributed by atoms with E-state index in [9.17, 15) is 9.18 Å². The predicted octanol–water partition coefficient (Wildman–Crippen LogP) is 5.33. The van der Waals surface area contributed by atoms with Crippen LogP contribution in [0.15, 0.2) is 65.1 Å². The monoisotopic (exact) mass is 510 g/mol. The van der Waals surface area contributed by atoms with E-state index >= 15 is 0 Å². The Morgan fingerprint density at radius 2 is 1.89 bits per heavy atom. The van der Waals surface area contributed by atoms with Crippen molar-refractivity contribution in [2.75, 3.05) is 25.2 Å². The number of thioether (sulfide) groups is 1. The summed E-state index contributed by atoms with van der Waals surface area (Å²) in [5, 5.41) is 14.8. The maximum atomic E-state index is 13.2. The molecule has 0 spiro atoms. The number of nitrogens with one attached hydrogen (secondary N) is 1. The van der Waals surface area contributed by atoms with Crippen LogP contribution in [0.2, 0.25) is 0 Å². The normalized spacial score (nSPS) is 12.1. The average molecular weight is 511 g/mol. The van der Waals surface area contributed by atoms with Crippen LogP contribution in [0, 0.1) is 5.82 Å². The lowest BCUT2D eigenvalue weighted by atomic mass is 10.2. The number of nitrogens with zero attached hydrogens (tertiary/aromatic N) is 5. The molecular formula is C25H27FN6OS2. The van der Waals surface area contributed by atoms with Crippen LogP contribution in [0.3, 0.4) is 0 Å². The fourth-order valence-corrected chi connectivity index (χ4v) is 5.20. The summed E-state index contributed by atoms with van der Waals surface area (Å²) in [5.74, 6) is 0.587. The number of carbonyl (C=O) groups is 1. The van der Waals surface area contributed by atoms with Gasteiger partial charge in [-0.3, -0.25) is 9.69 Å². The van der Waals surface area contributed by atoms with E-state index in [2.05, 4.69) is 49.0 Å². The smallest absolute Gasteiger partial charge is 0.236 e. The second-order valence-corrected chi connectivity index (χ2v) is 9.98. The molecule has 0 aliphatic carbocycles. The molecule has 0 saturated carbocycles. The number of carbonyl (C=O) groups excluding carboxylic acids is 1. The van der Waals surface area contributed by atoms with Crippen molar-refractivity contribution in [3.8, 4) is 11.3 Å². The predicted molar refractivity (Wildman–Crippen MR) is 139 cm³/mol. The summed E-state index contributed by atoms with van der Waals surface area (Å²) in [7, 11) is 4.06. The SMILES string of the molecule is CC[C@@H](c1nnc(SCC(=O)Nc2nc(-c3ccc(F)cc3)cs2)n1Cc1ccccc1)N(C)C. The van der Waals surface area contributed by atoms with E-state index in [0.717, 1.165) is 23.4 Å². The maximum absolute atomic E-state index is 13.2. The molecule has 4 aromatic rings. The van der Waals surface area contributed by atoms with E-state index < -0.39 is 0 Å². The van der Waals surface area contributed by atoms with Gasteiger partial charge in [0.25, 0.3) is 0 Å². The lowest BCUT2D eigenvalue weighted by molar-refractivity contribution is -0.113. The maximum Gasteiger partial charge on any atom is 0.236 e. The van der Waals surface area contributed by atoms with Gasteiger partial charge in [-0.15, -0.1) is 21.5 Å². The first-order valence-corrected chi connectivity index (χ1v) is 13.1. The van der Waals surface area contributed by atoms with Gasteiger partial charge >= 0.3 is 0 Å². The molecule has 2 heterocycles. The fraction of sp³-hybridized carbons (Fsp3) is 0.280. The summed E-state index contributed by atoms with van der Waals surface area (Å²) in [6, 6.07) is 16.4. The highest BCUT2D eigenvalue weighted by molar-refractivity contribution is 7.99. The lowest BCUT2D eigenvalue weighted by Gasteiger charge is -2.23. The zero-order valence-corrected chi connectivity index (χ0v) is 21.4. The van der Waals surface area contributed by atoms with E-state index in [1.165, 1.54) is 35.2 Å². The quantitative estimate of drug-likeness (QED) is 0.291. The van der Waals surface area contributed by atoms with Crippen molar-refractivity contribution in [2.24, 2.45) is 0 Å². The minimum Gasteiger partial charge on any atom is -0.301 e. The number of thiazole rings is 1. The topological polar surface area (TPSA) is 75.9 Å². The van der Waals surface area contributed by atoms with Crippen LogP contribution >= 0.6 is 23.1 Å². The van der Waals surface area contributed by atoms with E-state index in [1.807, 2.05) is 37.7 Å². The van der Waals surface area contributed by atoms with Crippen LogP contribution in [0.25, 0.3) is 11.3 Å². The Kier molecular flexibility index (Phi) is 8.27. The van der Waals surface area contributed by atoms with Gasteiger partial charge in [0.15, 0.2) is 16.1 Å². The molecule has 0 bridgehead atoms. The Hall–Kier alpha value is -3.08. The third kappa shape index (κ3) is 6.33. The Balaban J connectivity index is 1.45. The largest absolute Gasteiger partial charge is 0.301 e. The number of hydrogen-bond acceptors (Lipinski definition) is 7. The molecular weight excluding hydrogens is 483 g/mol. The van der Waals surface area contributed by atoms with Gasteiger partial charge < -0.3 is 9.88 Å². The van der Waals surface area contributed by atoms with Crippen LogP contribution in [0.4, 0.5) is 9.52 Å². The van der Waals surface area contributed by atoms with Crippen molar-refractivity contribution < 1.29 is 9.18 Å². The van der Waals surface area contributed by atoms with E-state index in [4.69, 9.17) is 0 Å². The highest BCUT2D eigenvalue weighted by atomic mass is 32.2. The van der Waals surface area contributed by atoms with Gasteiger partial charge in [0, 0.05) is 10.9 Å². The zero-order valence-electron chi connectivity index (χ0n) is 19.8. The molecule has 1 atom stereocenters. The fourth-order valence-electron chi connectivity index (χ4n) is 3.72. The van der Waals surface area contributed by atoms with Crippen molar-refractivity contribution in [3.63, 3.8) is 0 Å². The molecule has 0 aliphatic rings. The molecule has 7 nitrogen and oxygen atoms in total. The van der Waals surface area contributed by atoms with Crippen LogP contribution in [-0.4, -0.2) is 50.4 Å². The zero-order chi connectivity index (χ0) is 24.8. The standard InChI is InChI=1S/C25H27FN6OS2/c1-4-21(31(2)3)23-29-30-25(32(23)14-17-8-6-5-7-9-17)35-16-22(33)28-24-27-20(15-34-24)18-10-12-19(26)13-11-18/h5-13,15,21H,4,14,16H2,1-3H3,(H,27,28,33)/t21-/m0/s1. The average Bonchev–Trinajstić information content (AvgIpc) is 3.47. The van der Waals surface area contributed by atoms with Crippen molar-refractivity contribution in [1.82, 2.24) is 24.6 Å². The van der Waals surface area contributed by atoms with Crippen molar-refractivity contribution in [1.29, 1.82) is 0 Å². The van der Waals surface area contributed by atoms with Crippen LogP contribution < -0.4 is 5.32 Å². The van der Waals surface area contributed by atoms with Gasteiger partial charge in [-0.05, 0) is 50.3 Å². The molecule has 0 aliphatic heterocycles. The van der Waals surface area contributed by atoms with Crippen LogP contribution in [-0.2, 0) is 11.3 Å². The summed E-state index contributed by atoms with van der Waals surface area (Å²) >= 11 is 2.69. The van der Waals surface area contributed by atoms with E-state index in [-0.39, 0.29) is 23.5 Å². The van der Waals surface area contributed by atoms with Gasteiger partial charge in [0.1, 0.15) is 5.82 Å². The third-order valence-electron chi connectivity index (χ3n) is 5.46. The molecule has 2 aromatic carbocycles. The first-order valence-electron chi connectivity index (χ1n) is 11.2. The number of anilines is 1. The highest BCUT2D eigenvalue weighted by Crippen LogP contribution is 2.28. The summed E-state index contributed by atoms with van der Waals surface area (Å²) < 4.78 is 15.3. The van der Waals surface area contributed by atoms with E-state index in [0.29, 0.717) is 22.5 Å². The van der Waals surface area contributed by atoms with Crippen molar-refractivity contribution in [2.45, 2.75) is 31.1 Å². The van der Waals surface area contributed by atoms with Gasteiger partial charge in [0.05, 0.1) is 24.0 Å². The molecule has 0 unspecified atom stereocenters. The Labute approximate surface area is 212 Å². The molecule has 0 radical (unpaired) electrons. The number of benzene rings is 2. The molecule has 1 N–H and O–H groups in total. The molecule has 0 fully saturated rings. The number of aromatic nitrogens is 4. The summed E-state index contributed by atoms with van der Waals surface area (Å²) in [6.07, 6.45) is 0.894. The number of halogens is 1. The van der Waals surface area contributed by atoms with Crippen LogP contribution in [0.5, 0.6) is 0 Å². The molecule has 0 saturated heterocycles. The first kappa shape index (κ1) is 25.0. The number of hydrogen-bond donors (Lipinski definition) is 1. The first-order chi connectivity index (χ1) is 16.9. The summed E-state index contributed by atoms with van der Waals surface area (Å²) in [6.45, 7) is 2.76. The molecule has 4 rings (SSSR count). The third-order valence-corrected chi connectivity index (χ3v) is 7.18. The molecule has 1 amide bonds. The summed E-state index contributed by atoms with van der Waals surface area (Å²) in [4.78, 5) is 19.3. The van der Waals surface area contributed by atoms with Crippen molar-refractivity contribution >= 4 is 34.1 Å². The second kappa shape index (κ2) is 11.6. The van der Waals surface area contributed by atoms with Crippen molar-refractivity contribution in [3.05, 3.63) is 77.2 Å². The van der Waals surface area contributed by atoms with Gasteiger partial charge in [0.2, 0.25) is 5.91 Å². The lowest BCUT2D eigenvalue weighted by Crippen LogP contribution is -2.23. The van der Waals surface area contributed by atoms with E-state index in [1.54, 1.807) is 12.1 Å². The number of amides is 1. The highest BCUT2D eigenvalue weighted by Gasteiger charge is 2.23. The second-order valence-electron chi connectivity index (χ2n) is 8.18. The minimum absolute atomic E-state index is 0.120. The summed E-state index contributed by atoms with van der Waals surface area (Å²) in [5.41, 5.74) is 2.63. The molecule has 35 heavy (non-hydrogen) atoms. The molecule has 2 aromatic heterocycles.